The van der Waals surface area contributed by atoms with E-state index in [1.165, 1.54) is 18.5 Å². The third kappa shape index (κ3) is 4.13. The lowest BCUT2D eigenvalue weighted by atomic mass is 10.2. The van der Waals surface area contributed by atoms with Gasteiger partial charge in [-0.25, -0.2) is 14.4 Å². The van der Waals surface area contributed by atoms with Crippen LogP contribution in [-0.4, -0.2) is 22.5 Å². The minimum absolute atomic E-state index is 0.144. The van der Waals surface area contributed by atoms with Crippen LogP contribution in [0.4, 0.5) is 21.6 Å². The fraction of sp³-hybridized carbons (Fsp3) is 0.105. The normalized spacial score (nSPS) is 10.2. The van der Waals surface area contributed by atoms with Gasteiger partial charge in [0.2, 0.25) is 0 Å². The number of hydrogen-bond acceptors (Lipinski definition) is 5. The highest BCUT2D eigenvalue weighted by Gasteiger charge is 2.12. The molecule has 0 saturated heterocycles. The molecule has 0 bridgehead atoms. The molecule has 6 nitrogen and oxygen atoms in total. The second-order valence-corrected chi connectivity index (χ2v) is 5.28. The van der Waals surface area contributed by atoms with Crippen molar-refractivity contribution in [1.82, 2.24) is 9.97 Å². The van der Waals surface area contributed by atoms with E-state index >= 15 is 0 Å². The first-order valence-corrected chi connectivity index (χ1v) is 8.04. The number of rotatable bonds is 6. The minimum Gasteiger partial charge on any atom is -0.492 e. The van der Waals surface area contributed by atoms with Gasteiger partial charge >= 0.3 is 0 Å². The molecular formula is C19H17FN4O2. The summed E-state index contributed by atoms with van der Waals surface area (Å²) in [5.41, 5.74) is 0.950. The molecule has 26 heavy (non-hydrogen) atoms. The van der Waals surface area contributed by atoms with Crippen molar-refractivity contribution in [1.29, 1.82) is 0 Å². The van der Waals surface area contributed by atoms with E-state index in [0.29, 0.717) is 23.9 Å². The first-order valence-electron chi connectivity index (χ1n) is 8.04. The van der Waals surface area contributed by atoms with Gasteiger partial charge in [0.05, 0.1) is 18.0 Å². The smallest absolute Gasteiger partial charge is 0.274 e. The summed E-state index contributed by atoms with van der Waals surface area (Å²) in [6, 6.07) is 14.8. The van der Waals surface area contributed by atoms with Crippen LogP contribution in [0.5, 0.6) is 5.75 Å². The maximum absolute atomic E-state index is 13.7. The van der Waals surface area contributed by atoms with Crippen molar-refractivity contribution in [2.24, 2.45) is 0 Å². The molecule has 0 aliphatic carbocycles. The Morgan fingerprint density at radius 3 is 2.58 bits per heavy atom. The van der Waals surface area contributed by atoms with Gasteiger partial charge in [-0.2, -0.15) is 0 Å². The van der Waals surface area contributed by atoms with Crippen molar-refractivity contribution >= 4 is 23.1 Å². The van der Waals surface area contributed by atoms with Gasteiger partial charge in [-0.05, 0) is 31.2 Å². The molecule has 132 valence electrons. The van der Waals surface area contributed by atoms with E-state index in [0.717, 1.165) is 0 Å². The van der Waals surface area contributed by atoms with Crippen molar-refractivity contribution in [2.75, 3.05) is 17.2 Å². The Morgan fingerprint density at radius 1 is 1.08 bits per heavy atom. The number of nitrogens with zero attached hydrogens (tertiary/aromatic N) is 2. The molecule has 3 aromatic rings. The Kier molecular flexibility index (Phi) is 5.38. The topological polar surface area (TPSA) is 76.1 Å². The summed E-state index contributed by atoms with van der Waals surface area (Å²) in [5.74, 6) is 0.0503. The first kappa shape index (κ1) is 17.3. The molecule has 3 rings (SSSR count). The number of anilines is 3. The summed E-state index contributed by atoms with van der Waals surface area (Å²) in [6.45, 7) is 2.35. The summed E-state index contributed by atoms with van der Waals surface area (Å²) in [5, 5.41) is 5.59. The van der Waals surface area contributed by atoms with Gasteiger partial charge in [0, 0.05) is 6.07 Å². The summed E-state index contributed by atoms with van der Waals surface area (Å²) < 4.78 is 19.2. The quantitative estimate of drug-likeness (QED) is 0.701. The Balaban J connectivity index is 1.78. The van der Waals surface area contributed by atoms with Crippen LogP contribution in [-0.2, 0) is 0 Å². The van der Waals surface area contributed by atoms with E-state index in [-0.39, 0.29) is 11.4 Å². The third-order valence-electron chi connectivity index (χ3n) is 3.47. The maximum atomic E-state index is 13.7. The zero-order valence-corrected chi connectivity index (χ0v) is 14.1. The zero-order chi connectivity index (χ0) is 18.4. The van der Waals surface area contributed by atoms with Crippen LogP contribution in [0.15, 0.2) is 60.9 Å². The Morgan fingerprint density at radius 2 is 1.81 bits per heavy atom. The molecule has 7 heteroatoms. The highest BCUT2D eigenvalue weighted by atomic mass is 19.1. The third-order valence-corrected chi connectivity index (χ3v) is 3.47. The molecule has 1 aromatic heterocycles. The molecule has 0 atom stereocenters. The average Bonchev–Trinajstić information content (AvgIpc) is 2.66. The van der Waals surface area contributed by atoms with E-state index in [1.807, 2.05) is 13.0 Å². The minimum atomic E-state index is -0.420. The number of hydrogen-bond donors (Lipinski definition) is 2. The molecule has 0 saturated carbocycles. The van der Waals surface area contributed by atoms with E-state index in [2.05, 4.69) is 20.6 Å². The van der Waals surface area contributed by atoms with E-state index in [9.17, 15) is 9.18 Å². The van der Waals surface area contributed by atoms with Gasteiger partial charge in [0.15, 0.2) is 0 Å². The zero-order valence-electron chi connectivity index (χ0n) is 14.1. The molecule has 0 radical (unpaired) electrons. The van der Waals surface area contributed by atoms with Crippen molar-refractivity contribution in [3.63, 3.8) is 0 Å². The highest BCUT2D eigenvalue weighted by molar-refractivity contribution is 6.04. The predicted molar refractivity (Wildman–Crippen MR) is 97.3 cm³/mol. The number of nitrogens with one attached hydrogen (secondary N) is 2. The molecule has 0 aliphatic heterocycles. The van der Waals surface area contributed by atoms with Gasteiger partial charge in [-0.15, -0.1) is 0 Å². The average molecular weight is 352 g/mol. The fourth-order valence-corrected chi connectivity index (χ4v) is 2.29. The molecular weight excluding hydrogens is 335 g/mol. The summed E-state index contributed by atoms with van der Waals surface area (Å²) >= 11 is 0. The molecule has 0 spiro atoms. The van der Waals surface area contributed by atoms with Crippen molar-refractivity contribution in [3.8, 4) is 5.75 Å². The van der Waals surface area contributed by atoms with E-state index in [1.54, 1.807) is 36.4 Å². The van der Waals surface area contributed by atoms with Crippen LogP contribution in [0.2, 0.25) is 0 Å². The molecule has 2 aromatic carbocycles. The van der Waals surface area contributed by atoms with Gasteiger partial charge in [-0.3, -0.25) is 4.79 Å². The highest BCUT2D eigenvalue weighted by Crippen LogP contribution is 2.24. The number of carbonyl (C=O) groups excluding carboxylic acids is 1. The number of carbonyl (C=O) groups is 1. The number of ether oxygens (including phenoxy) is 1. The molecule has 2 N–H and O–H groups in total. The second kappa shape index (κ2) is 8.06. The maximum Gasteiger partial charge on any atom is 0.274 e. The van der Waals surface area contributed by atoms with Crippen molar-refractivity contribution in [3.05, 3.63) is 72.4 Å². The van der Waals surface area contributed by atoms with Crippen LogP contribution in [0, 0.1) is 5.82 Å². The molecule has 0 fully saturated rings. The Bertz CT molecular complexity index is 917. The summed E-state index contributed by atoms with van der Waals surface area (Å²) in [6.07, 6.45) is 1.24. The van der Waals surface area contributed by atoms with Crippen molar-refractivity contribution in [2.45, 2.75) is 6.92 Å². The van der Waals surface area contributed by atoms with Crippen LogP contribution in [0.3, 0.4) is 0 Å². The lowest BCUT2D eigenvalue weighted by Crippen LogP contribution is -2.15. The van der Waals surface area contributed by atoms with Crippen molar-refractivity contribution < 1.29 is 13.9 Å². The molecule has 0 aliphatic rings. The molecule has 0 unspecified atom stereocenters. The van der Waals surface area contributed by atoms with Crippen LogP contribution >= 0.6 is 0 Å². The number of benzene rings is 2. The standard InChI is InChI=1S/C19H17FN4O2/c1-2-26-17-10-6-5-9-15(17)24-19(25)16-11-18(22-12-21-16)23-14-8-4-3-7-13(14)20/h3-12H,2H2,1H3,(H,24,25)(H,21,22,23). The second-order valence-electron chi connectivity index (χ2n) is 5.28. The van der Waals surface area contributed by atoms with Gasteiger partial charge < -0.3 is 15.4 Å². The van der Waals surface area contributed by atoms with E-state index < -0.39 is 11.7 Å². The Hall–Kier alpha value is -3.48. The predicted octanol–water partition coefficient (Wildman–Crippen LogP) is 4.01. The summed E-state index contributed by atoms with van der Waals surface area (Å²) in [7, 11) is 0. The largest absolute Gasteiger partial charge is 0.492 e. The number of para-hydroxylation sites is 3. The van der Waals surface area contributed by atoms with Crippen LogP contribution < -0.4 is 15.4 Å². The van der Waals surface area contributed by atoms with Gasteiger partial charge in [0.1, 0.15) is 29.4 Å². The van der Waals surface area contributed by atoms with Gasteiger partial charge in [-0.1, -0.05) is 24.3 Å². The monoisotopic (exact) mass is 352 g/mol. The fourth-order valence-electron chi connectivity index (χ4n) is 2.29. The van der Waals surface area contributed by atoms with Crippen LogP contribution in [0.1, 0.15) is 17.4 Å². The number of aromatic nitrogens is 2. The van der Waals surface area contributed by atoms with E-state index in [4.69, 9.17) is 4.74 Å². The molecule has 1 amide bonds. The SMILES string of the molecule is CCOc1ccccc1NC(=O)c1cc(Nc2ccccc2F)ncn1. The lowest BCUT2D eigenvalue weighted by molar-refractivity contribution is 0.102. The number of amides is 1. The lowest BCUT2D eigenvalue weighted by Gasteiger charge is -2.11. The summed E-state index contributed by atoms with van der Waals surface area (Å²) in [4.78, 5) is 20.5. The molecule has 1 heterocycles. The van der Waals surface area contributed by atoms with Crippen LogP contribution in [0.25, 0.3) is 0 Å². The number of halogens is 1. The first-order chi connectivity index (χ1) is 12.7. The van der Waals surface area contributed by atoms with Gasteiger partial charge in [0.25, 0.3) is 5.91 Å². The Labute approximate surface area is 150 Å².